The van der Waals surface area contributed by atoms with Gasteiger partial charge in [0.1, 0.15) is 0 Å². The minimum atomic E-state index is 0.0868. The van der Waals surface area contributed by atoms with Gasteiger partial charge in [0, 0.05) is 43.7 Å². The SMILES string of the molecule is CCNC(=NCCNC(C)(C)C)NC1CCN(C(=O)C(C)C)CC1. The molecule has 0 saturated carbocycles. The third kappa shape index (κ3) is 7.99. The van der Waals surface area contributed by atoms with Crippen LogP contribution in [-0.4, -0.2) is 61.1 Å². The van der Waals surface area contributed by atoms with Gasteiger partial charge in [-0.15, -0.1) is 0 Å². The summed E-state index contributed by atoms with van der Waals surface area (Å²) in [6, 6.07) is 0.384. The quantitative estimate of drug-likeness (QED) is 0.390. The smallest absolute Gasteiger partial charge is 0.225 e. The van der Waals surface area contributed by atoms with Gasteiger partial charge in [-0.05, 0) is 40.5 Å². The molecular weight excluding hydrogens is 302 g/mol. The molecule has 1 aliphatic rings. The van der Waals surface area contributed by atoms with E-state index in [1.165, 1.54) is 0 Å². The third-order valence-corrected chi connectivity index (χ3v) is 4.02. The van der Waals surface area contributed by atoms with E-state index in [1.807, 2.05) is 18.7 Å². The van der Waals surface area contributed by atoms with Gasteiger partial charge in [-0.2, -0.15) is 0 Å². The number of piperidine rings is 1. The molecule has 140 valence electrons. The van der Waals surface area contributed by atoms with Crippen LogP contribution < -0.4 is 16.0 Å². The fraction of sp³-hybridized carbons (Fsp3) is 0.889. The first-order valence-electron chi connectivity index (χ1n) is 9.31. The van der Waals surface area contributed by atoms with Gasteiger partial charge in [-0.3, -0.25) is 9.79 Å². The van der Waals surface area contributed by atoms with E-state index >= 15 is 0 Å². The number of carbonyl (C=O) groups excluding carboxylic acids is 1. The van der Waals surface area contributed by atoms with Crippen molar-refractivity contribution in [2.75, 3.05) is 32.7 Å². The van der Waals surface area contributed by atoms with E-state index in [0.29, 0.717) is 6.04 Å². The predicted molar refractivity (Wildman–Crippen MR) is 101 cm³/mol. The van der Waals surface area contributed by atoms with Crippen LogP contribution in [0.3, 0.4) is 0 Å². The van der Waals surface area contributed by atoms with Crippen LogP contribution in [0.1, 0.15) is 54.4 Å². The van der Waals surface area contributed by atoms with Crippen LogP contribution in [0.4, 0.5) is 0 Å². The van der Waals surface area contributed by atoms with Crippen molar-refractivity contribution >= 4 is 11.9 Å². The second-order valence-electron chi connectivity index (χ2n) is 7.84. The third-order valence-electron chi connectivity index (χ3n) is 4.02. The second-order valence-corrected chi connectivity index (χ2v) is 7.84. The Morgan fingerprint density at radius 3 is 2.38 bits per heavy atom. The van der Waals surface area contributed by atoms with Crippen LogP contribution in [0.15, 0.2) is 4.99 Å². The summed E-state index contributed by atoms with van der Waals surface area (Å²) in [6.07, 6.45) is 1.95. The van der Waals surface area contributed by atoms with Crippen LogP contribution in [-0.2, 0) is 4.79 Å². The molecule has 0 aromatic rings. The lowest BCUT2D eigenvalue weighted by Gasteiger charge is -2.34. The lowest BCUT2D eigenvalue weighted by atomic mass is 10.0. The Kier molecular flexibility index (Phi) is 8.53. The first-order valence-corrected chi connectivity index (χ1v) is 9.31. The molecule has 1 saturated heterocycles. The molecule has 0 spiro atoms. The summed E-state index contributed by atoms with van der Waals surface area (Å²) in [5.41, 5.74) is 0.122. The fourth-order valence-electron chi connectivity index (χ4n) is 2.72. The average molecular weight is 340 g/mol. The zero-order chi connectivity index (χ0) is 18.2. The van der Waals surface area contributed by atoms with Crippen molar-refractivity contribution in [3.63, 3.8) is 0 Å². The lowest BCUT2D eigenvalue weighted by molar-refractivity contribution is -0.135. The number of amides is 1. The van der Waals surface area contributed by atoms with E-state index in [2.05, 4.69) is 48.6 Å². The number of nitrogens with zero attached hydrogens (tertiary/aromatic N) is 2. The molecule has 0 aromatic heterocycles. The van der Waals surface area contributed by atoms with Gasteiger partial charge >= 0.3 is 0 Å². The lowest BCUT2D eigenvalue weighted by Crippen LogP contribution is -2.50. The number of rotatable bonds is 6. The Morgan fingerprint density at radius 1 is 1.25 bits per heavy atom. The summed E-state index contributed by atoms with van der Waals surface area (Å²) in [5.74, 6) is 1.23. The van der Waals surface area contributed by atoms with Crippen LogP contribution >= 0.6 is 0 Å². The van der Waals surface area contributed by atoms with Crippen molar-refractivity contribution in [2.45, 2.75) is 66.0 Å². The summed E-state index contributed by atoms with van der Waals surface area (Å²) in [4.78, 5) is 18.7. The van der Waals surface area contributed by atoms with Gasteiger partial charge in [-0.1, -0.05) is 13.8 Å². The summed E-state index contributed by atoms with van der Waals surface area (Å²) in [6.45, 7) is 16.6. The molecule has 0 atom stereocenters. The van der Waals surface area contributed by atoms with E-state index in [4.69, 9.17) is 0 Å². The number of hydrogen-bond acceptors (Lipinski definition) is 3. The van der Waals surface area contributed by atoms with Crippen molar-refractivity contribution in [3.05, 3.63) is 0 Å². The van der Waals surface area contributed by atoms with Gasteiger partial charge in [0.25, 0.3) is 0 Å². The molecule has 1 fully saturated rings. The van der Waals surface area contributed by atoms with Crippen molar-refractivity contribution in [2.24, 2.45) is 10.9 Å². The molecule has 0 aliphatic carbocycles. The molecule has 0 radical (unpaired) electrons. The maximum absolute atomic E-state index is 12.0. The van der Waals surface area contributed by atoms with Crippen molar-refractivity contribution in [3.8, 4) is 0 Å². The summed E-state index contributed by atoms with van der Waals surface area (Å²) >= 11 is 0. The van der Waals surface area contributed by atoms with Crippen molar-refractivity contribution < 1.29 is 4.79 Å². The molecular formula is C18H37N5O. The molecule has 6 heteroatoms. The minimum absolute atomic E-state index is 0.0868. The van der Waals surface area contributed by atoms with E-state index in [-0.39, 0.29) is 17.4 Å². The molecule has 0 unspecified atom stereocenters. The summed E-state index contributed by atoms with van der Waals surface area (Å²) in [5, 5.41) is 10.3. The fourth-order valence-corrected chi connectivity index (χ4v) is 2.72. The van der Waals surface area contributed by atoms with Gasteiger partial charge in [-0.25, -0.2) is 0 Å². The van der Waals surface area contributed by atoms with Gasteiger partial charge in [0.2, 0.25) is 5.91 Å². The first-order chi connectivity index (χ1) is 11.2. The highest BCUT2D eigenvalue weighted by atomic mass is 16.2. The molecule has 0 aromatic carbocycles. The topological polar surface area (TPSA) is 68.8 Å². The zero-order valence-corrected chi connectivity index (χ0v) is 16.4. The predicted octanol–water partition coefficient (Wildman–Crippen LogP) is 1.58. The monoisotopic (exact) mass is 339 g/mol. The standard InChI is InChI=1S/C18H37N5O/c1-7-19-17(20-10-11-21-18(4,5)6)22-15-8-12-23(13-9-15)16(24)14(2)3/h14-15,21H,7-13H2,1-6H3,(H2,19,20,22). The van der Waals surface area contributed by atoms with E-state index in [9.17, 15) is 4.79 Å². The van der Waals surface area contributed by atoms with Crippen LogP contribution in [0.25, 0.3) is 0 Å². The van der Waals surface area contributed by atoms with Crippen LogP contribution in [0, 0.1) is 5.92 Å². The highest BCUT2D eigenvalue weighted by Gasteiger charge is 2.24. The number of aliphatic imine (C=N–C) groups is 1. The van der Waals surface area contributed by atoms with Gasteiger partial charge in [0.05, 0.1) is 6.54 Å². The number of guanidine groups is 1. The number of likely N-dealkylation sites (tertiary alicyclic amines) is 1. The number of carbonyl (C=O) groups is 1. The number of hydrogen-bond donors (Lipinski definition) is 3. The van der Waals surface area contributed by atoms with E-state index in [1.54, 1.807) is 0 Å². The molecule has 1 aliphatic heterocycles. The molecule has 1 rings (SSSR count). The Labute approximate surface area is 147 Å². The maximum atomic E-state index is 12.0. The minimum Gasteiger partial charge on any atom is -0.357 e. The molecule has 1 heterocycles. The van der Waals surface area contributed by atoms with Gasteiger partial charge in [0.15, 0.2) is 5.96 Å². The van der Waals surface area contributed by atoms with E-state index in [0.717, 1.165) is 51.5 Å². The molecule has 24 heavy (non-hydrogen) atoms. The largest absolute Gasteiger partial charge is 0.357 e. The van der Waals surface area contributed by atoms with E-state index < -0.39 is 0 Å². The molecule has 3 N–H and O–H groups in total. The van der Waals surface area contributed by atoms with Crippen molar-refractivity contribution in [1.29, 1.82) is 0 Å². The molecule has 1 amide bonds. The Balaban J connectivity index is 2.42. The average Bonchev–Trinajstić information content (AvgIpc) is 2.50. The zero-order valence-electron chi connectivity index (χ0n) is 16.4. The van der Waals surface area contributed by atoms with Crippen LogP contribution in [0.5, 0.6) is 0 Å². The first kappa shape index (κ1) is 20.7. The Hall–Kier alpha value is -1.30. The van der Waals surface area contributed by atoms with Crippen LogP contribution in [0.2, 0.25) is 0 Å². The van der Waals surface area contributed by atoms with Crippen molar-refractivity contribution in [1.82, 2.24) is 20.9 Å². The molecule has 6 nitrogen and oxygen atoms in total. The summed E-state index contributed by atoms with van der Waals surface area (Å²) < 4.78 is 0. The second kappa shape index (κ2) is 9.87. The summed E-state index contributed by atoms with van der Waals surface area (Å²) in [7, 11) is 0. The maximum Gasteiger partial charge on any atom is 0.225 e. The highest BCUT2D eigenvalue weighted by Crippen LogP contribution is 2.13. The normalized spacial score (nSPS) is 17.3. The molecule has 0 bridgehead atoms. The Morgan fingerprint density at radius 2 is 1.88 bits per heavy atom. The highest BCUT2D eigenvalue weighted by molar-refractivity contribution is 5.80. The van der Waals surface area contributed by atoms with Gasteiger partial charge < -0.3 is 20.9 Å². The number of nitrogens with one attached hydrogen (secondary N) is 3. The Bertz CT molecular complexity index is 406.